The Kier molecular flexibility index (Phi) is 4.65. The Morgan fingerprint density at radius 2 is 1.64 bits per heavy atom. The molecule has 2 saturated heterocycles. The minimum absolute atomic E-state index is 0.161. The zero-order valence-corrected chi connectivity index (χ0v) is 14.5. The van der Waals surface area contributed by atoms with Crippen molar-refractivity contribution in [2.75, 3.05) is 50.7 Å². The molecule has 2 unspecified atom stereocenters. The number of anilines is 1. The zero-order valence-electron chi connectivity index (χ0n) is 14.5. The van der Waals surface area contributed by atoms with Crippen molar-refractivity contribution in [2.45, 2.75) is 18.9 Å². The number of hydrogen-bond donors (Lipinski definition) is 1. The monoisotopic (exact) mass is 347 g/mol. The second-order valence-electron chi connectivity index (χ2n) is 7.63. The quantitative estimate of drug-likeness (QED) is 0.892. The molecule has 1 aromatic rings. The summed E-state index contributed by atoms with van der Waals surface area (Å²) in [5, 5.41) is 10.1. The highest BCUT2D eigenvalue weighted by molar-refractivity contribution is 5.78. The van der Waals surface area contributed by atoms with Gasteiger partial charge >= 0.3 is 0 Å². The lowest BCUT2D eigenvalue weighted by Gasteiger charge is -2.39. The molecule has 6 heteroatoms. The molecule has 1 amide bonds. The number of benzene rings is 1. The first-order valence-corrected chi connectivity index (χ1v) is 9.29. The summed E-state index contributed by atoms with van der Waals surface area (Å²) in [7, 11) is 0. The van der Waals surface area contributed by atoms with Gasteiger partial charge in [0.2, 0.25) is 5.91 Å². The summed E-state index contributed by atoms with van der Waals surface area (Å²) < 4.78 is 13.0. The summed E-state index contributed by atoms with van der Waals surface area (Å²) in [5.41, 5.74) is 1.01. The molecule has 25 heavy (non-hydrogen) atoms. The van der Waals surface area contributed by atoms with Crippen LogP contribution in [0.3, 0.4) is 0 Å². The number of rotatable bonds is 3. The number of likely N-dealkylation sites (tertiary alicyclic amines) is 1. The number of aliphatic hydroxyl groups excluding tert-OH is 1. The van der Waals surface area contributed by atoms with E-state index < -0.39 is 0 Å². The molecule has 1 saturated carbocycles. The van der Waals surface area contributed by atoms with Crippen molar-refractivity contribution in [3.63, 3.8) is 0 Å². The highest BCUT2D eigenvalue weighted by Gasteiger charge is 2.41. The summed E-state index contributed by atoms with van der Waals surface area (Å²) in [6.45, 7) is 5.13. The first kappa shape index (κ1) is 16.8. The summed E-state index contributed by atoms with van der Waals surface area (Å²) in [6, 6.07) is 6.54. The number of carbonyl (C=O) groups excluding carboxylic acids is 1. The van der Waals surface area contributed by atoms with Crippen LogP contribution in [0.2, 0.25) is 0 Å². The number of nitrogens with zero attached hydrogens (tertiary/aromatic N) is 3. The molecule has 136 valence electrons. The lowest BCUT2D eigenvalue weighted by Crippen LogP contribution is -2.53. The molecule has 0 spiro atoms. The third kappa shape index (κ3) is 3.51. The van der Waals surface area contributed by atoms with Gasteiger partial charge in [-0.05, 0) is 48.9 Å². The molecule has 5 nitrogen and oxygen atoms in total. The van der Waals surface area contributed by atoms with Crippen molar-refractivity contribution < 1.29 is 14.3 Å². The Bertz CT molecular complexity index is 602. The maximum atomic E-state index is 13.0. The molecule has 2 bridgehead atoms. The van der Waals surface area contributed by atoms with Crippen molar-refractivity contribution in [2.24, 2.45) is 11.8 Å². The van der Waals surface area contributed by atoms with Crippen molar-refractivity contribution in [1.82, 2.24) is 9.80 Å². The first-order chi connectivity index (χ1) is 12.1. The molecule has 0 radical (unpaired) electrons. The molecular formula is C19H26FN3O2. The van der Waals surface area contributed by atoms with E-state index in [1.165, 1.54) is 12.1 Å². The maximum absolute atomic E-state index is 13.0. The number of hydrogen-bond acceptors (Lipinski definition) is 4. The van der Waals surface area contributed by atoms with Gasteiger partial charge in [-0.25, -0.2) is 4.39 Å². The minimum Gasteiger partial charge on any atom is -0.392 e. The van der Waals surface area contributed by atoms with Gasteiger partial charge < -0.3 is 14.9 Å². The largest absolute Gasteiger partial charge is 0.392 e. The number of fused-ring (bicyclic) bond motifs is 2. The molecule has 2 aliphatic heterocycles. The van der Waals surface area contributed by atoms with Gasteiger partial charge in [-0.15, -0.1) is 0 Å². The van der Waals surface area contributed by atoms with Crippen molar-refractivity contribution in [3.8, 4) is 0 Å². The number of piperidine rings is 1. The number of piperazine rings is 1. The van der Waals surface area contributed by atoms with E-state index in [1.54, 1.807) is 12.1 Å². The zero-order chi connectivity index (χ0) is 17.4. The summed E-state index contributed by atoms with van der Waals surface area (Å²) in [4.78, 5) is 19.0. The predicted molar refractivity (Wildman–Crippen MR) is 93.9 cm³/mol. The van der Waals surface area contributed by atoms with E-state index in [0.29, 0.717) is 31.5 Å². The average molecular weight is 347 g/mol. The molecular weight excluding hydrogens is 321 g/mol. The van der Waals surface area contributed by atoms with Crippen LogP contribution in [-0.2, 0) is 4.79 Å². The Morgan fingerprint density at radius 1 is 1.04 bits per heavy atom. The number of aliphatic hydroxyl groups is 1. The van der Waals surface area contributed by atoms with Gasteiger partial charge in [-0.3, -0.25) is 9.69 Å². The van der Waals surface area contributed by atoms with Gasteiger partial charge in [0, 0.05) is 45.0 Å². The van der Waals surface area contributed by atoms with E-state index in [0.717, 1.165) is 44.7 Å². The standard InChI is InChI=1S/C19H26FN3O2/c20-16-3-5-17(6-4-16)22-7-9-23(10-8-22)18(24)13-21-11-14-1-2-15(12-21)19(14)25/h3-6,14-15,19,25H,1-2,7-13H2. The Morgan fingerprint density at radius 3 is 2.24 bits per heavy atom. The van der Waals surface area contributed by atoms with Crippen LogP contribution in [0.4, 0.5) is 10.1 Å². The number of amides is 1. The maximum Gasteiger partial charge on any atom is 0.236 e. The van der Waals surface area contributed by atoms with Crippen LogP contribution in [0.1, 0.15) is 12.8 Å². The Labute approximate surface area is 148 Å². The van der Waals surface area contributed by atoms with Crippen molar-refractivity contribution >= 4 is 11.6 Å². The average Bonchev–Trinajstić information content (AvgIpc) is 2.83. The molecule has 2 atom stereocenters. The van der Waals surface area contributed by atoms with E-state index in [-0.39, 0.29) is 17.8 Å². The lowest BCUT2D eigenvalue weighted by molar-refractivity contribution is -0.133. The minimum atomic E-state index is -0.224. The van der Waals surface area contributed by atoms with Crippen molar-refractivity contribution in [3.05, 3.63) is 30.1 Å². The van der Waals surface area contributed by atoms with Gasteiger partial charge in [0.05, 0.1) is 12.6 Å². The van der Waals surface area contributed by atoms with Crippen LogP contribution in [0.5, 0.6) is 0 Å². The van der Waals surface area contributed by atoms with Crippen LogP contribution < -0.4 is 4.90 Å². The van der Waals surface area contributed by atoms with Crippen LogP contribution in [0, 0.1) is 17.7 Å². The SMILES string of the molecule is O=C(CN1CC2CCC(C1)C2O)N1CCN(c2ccc(F)cc2)CC1. The van der Waals surface area contributed by atoms with Gasteiger partial charge in [-0.2, -0.15) is 0 Å². The molecule has 1 aliphatic carbocycles. The summed E-state index contributed by atoms with van der Waals surface area (Å²) in [5.74, 6) is 0.663. The fourth-order valence-electron chi connectivity index (χ4n) is 4.58. The molecule has 3 aliphatic rings. The summed E-state index contributed by atoms with van der Waals surface area (Å²) in [6.07, 6.45) is 2.02. The molecule has 1 N–H and O–H groups in total. The van der Waals surface area contributed by atoms with Crippen molar-refractivity contribution in [1.29, 1.82) is 0 Å². The lowest BCUT2D eigenvalue weighted by atomic mass is 9.95. The smallest absolute Gasteiger partial charge is 0.236 e. The van der Waals surface area contributed by atoms with E-state index >= 15 is 0 Å². The normalized spacial score (nSPS) is 29.9. The van der Waals surface area contributed by atoms with Crippen LogP contribution >= 0.6 is 0 Å². The van der Waals surface area contributed by atoms with E-state index in [2.05, 4.69) is 9.80 Å². The van der Waals surface area contributed by atoms with Crippen LogP contribution in [0.15, 0.2) is 24.3 Å². The molecule has 4 rings (SSSR count). The highest BCUT2D eigenvalue weighted by atomic mass is 19.1. The van der Waals surface area contributed by atoms with Crippen LogP contribution in [0.25, 0.3) is 0 Å². The predicted octanol–water partition coefficient (Wildman–Crippen LogP) is 1.18. The van der Waals surface area contributed by atoms with E-state index in [4.69, 9.17) is 0 Å². The molecule has 3 fully saturated rings. The number of halogens is 1. The van der Waals surface area contributed by atoms with Gasteiger partial charge in [0.1, 0.15) is 5.82 Å². The van der Waals surface area contributed by atoms with E-state index in [9.17, 15) is 14.3 Å². The van der Waals surface area contributed by atoms with Gasteiger partial charge in [-0.1, -0.05) is 0 Å². The highest BCUT2D eigenvalue weighted by Crippen LogP contribution is 2.36. The molecule has 0 aromatic heterocycles. The first-order valence-electron chi connectivity index (χ1n) is 9.29. The fraction of sp³-hybridized carbons (Fsp3) is 0.632. The second-order valence-corrected chi connectivity index (χ2v) is 7.63. The van der Waals surface area contributed by atoms with Gasteiger partial charge in [0.25, 0.3) is 0 Å². The molecule has 1 aromatic carbocycles. The van der Waals surface area contributed by atoms with Gasteiger partial charge in [0.15, 0.2) is 0 Å². The Hall–Kier alpha value is -1.66. The third-order valence-electron chi connectivity index (χ3n) is 6.04. The summed E-state index contributed by atoms with van der Waals surface area (Å²) >= 11 is 0. The van der Waals surface area contributed by atoms with E-state index in [1.807, 2.05) is 4.90 Å². The fourth-order valence-corrected chi connectivity index (χ4v) is 4.58. The second kappa shape index (κ2) is 6.92. The third-order valence-corrected chi connectivity index (χ3v) is 6.04. The van der Waals surface area contributed by atoms with Crippen LogP contribution in [-0.4, -0.2) is 72.7 Å². The Balaban J connectivity index is 1.28. The topological polar surface area (TPSA) is 47.0 Å². The molecule has 2 heterocycles. The number of carbonyl (C=O) groups is 1.